The van der Waals surface area contributed by atoms with Gasteiger partial charge in [0.15, 0.2) is 11.5 Å². The van der Waals surface area contributed by atoms with Gasteiger partial charge in [-0.25, -0.2) is 0 Å². The molecule has 6 nitrogen and oxygen atoms in total. The van der Waals surface area contributed by atoms with Gasteiger partial charge in [0.05, 0.1) is 38.5 Å². The fourth-order valence-electron chi connectivity index (χ4n) is 2.30. The van der Waals surface area contributed by atoms with E-state index in [-0.39, 0.29) is 19.1 Å². The van der Waals surface area contributed by atoms with Crippen LogP contribution in [-0.2, 0) is 0 Å². The van der Waals surface area contributed by atoms with Crippen molar-refractivity contribution in [3.05, 3.63) is 45.9 Å². The van der Waals surface area contributed by atoms with Gasteiger partial charge in [-0.3, -0.25) is 4.79 Å². The van der Waals surface area contributed by atoms with E-state index < -0.39 is 0 Å². The second kappa shape index (κ2) is 9.40. The molecule has 26 heavy (non-hydrogen) atoms. The summed E-state index contributed by atoms with van der Waals surface area (Å²) in [7, 11) is 4.44. The Bertz CT molecular complexity index is 782. The number of hydrogen-bond donors (Lipinski definition) is 1. The molecule has 2 rings (SSSR count). The molecule has 2 aromatic rings. The van der Waals surface area contributed by atoms with E-state index in [9.17, 15) is 4.79 Å². The van der Waals surface area contributed by atoms with Crippen LogP contribution in [0, 0.1) is 0 Å². The van der Waals surface area contributed by atoms with Crippen molar-refractivity contribution in [2.24, 2.45) is 0 Å². The van der Waals surface area contributed by atoms with Crippen LogP contribution in [0.5, 0.6) is 23.0 Å². The maximum absolute atomic E-state index is 12.4. The molecular weight excluding hydrogens is 381 g/mol. The second-order valence-corrected chi connectivity index (χ2v) is 5.82. The molecule has 2 aromatic carbocycles. The van der Waals surface area contributed by atoms with E-state index in [1.165, 1.54) is 21.3 Å². The first-order valence-electron chi connectivity index (χ1n) is 7.67. The summed E-state index contributed by atoms with van der Waals surface area (Å²) in [5.74, 6) is 1.24. The fourth-order valence-corrected chi connectivity index (χ4v) is 2.64. The molecule has 0 fully saturated rings. The van der Waals surface area contributed by atoms with Crippen LogP contribution in [0.3, 0.4) is 0 Å². The van der Waals surface area contributed by atoms with Gasteiger partial charge >= 0.3 is 0 Å². The third kappa shape index (κ3) is 4.45. The van der Waals surface area contributed by atoms with Gasteiger partial charge in [0.25, 0.3) is 5.91 Å². The summed E-state index contributed by atoms with van der Waals surface area (Å²) in [4.78, 5) is 12.4. The average Bonchev–Trinajstić information content (AvgIpc) is 2.66. The Morgan fingerprint density at radius 1 is 0.962 bits per heavy atom. The molecule has 0 aliphatic rings. The molecule has 0 saturated heterocycles. The molecule has 0 spiro atoms. The van der Waals surface area contributed by atoms with E-state index in [4.69, 9.17) is 42.1 Å². The monoisotopic (exact) mass is 399 g/mol. The van der Waals surface area contributed by atoms with Gasteiger partial charge < -0.3 is 24.3 Å². The zero-order chi connectivity index (χ0) is 19.1. The largest absolute Gasteiger partial charge is 0.493 e. The van der Waals surface area contributed by atoms with Crippen LogP contribution >= 0.6 is 23.2 Å². The van der Waals surface area contributed by atoms with Gasteiger partial charge in [0.2, 0.25) is 5.75 Å². The highest BCUT2D eigenvalue weighted by Crippen LogP contribution is 2.39. The van der Waals surface area contributed by atoms with E-state index in [0.29, 0.717) is 38.6 Å². The minimum Gasteiger partial charge on any atom is -0.493 e. The third-order valence-electron chi connectivity index (χ3n) is 3.51. The van der Waals surface area contributed by atoms with Crippen molar-refractivity contribution in [2.75, 3.05) is 34.5 Å². The first kappa shape index (κ1) is 20.0. The summed E-state index contributed by atoms with van der Waals surface area (Å²) < 4.78 is 21.3. The highest BCUT2D eigenvalue weighted by molar-refractivity contribution is 6.42. The van der Waals surface area contributed by atoms with Crippen LogP contribution in [0.1, 0.15) is 10.4 Å². The third-order valence-corrected chi connectivity index (χ3v) is 4.31. The van der Waals surface area contributed by atoms with Gasteiger partial charge in [-0.2, -0.15) is 0 Å². The van der Waals surface area contributed by atoms with Gasteiger partial charge in [0.1, 0.15) is 17.4 Å². The summed E-state index contributed by atoms with van der Waals surface area (Å²) in [5.41, 5.74) is 0.325. The Morgan fingerprint density at radius 3 is 2.35 bits per heavy atom. The van der Waals surface area contributed by atoms with Crippen molar-refractivity contribution in [3.63, 3.8) is 0 Å². The lowest BCUT2D eigenvalue weighted by atomic mass is 10.1. The Morgan fingerprint density at radius 2 is 1.69 bits per heavy atom. The number of carbonyl (C=O) groups is 1. The number of carbonyl (C=O) groups excluding carboxylic acids is 1. The topological polar surface area (TPSA) is 66.0 Å². The Balaban J connectivity index is 2.01. The molecule has 140 valence electrons. The molecule has 1 N–H and O–H groups in total. The molecule has 0 unspecified atom stereocenters. The van der Waals surface area contributed by atoms with Crippen LogP contribution in [0.25, 0.3) is 0 Å². The summed E-state index contributed by atoms with van der Waals surface area (Å²) in [5, 5.41) is 3.49. The molecule has 8 heteroatoms. The number of halogens is 2. The maximum Gasteiger partial charge on any atom is 0.255 e. The number of methoxy groups -OCH3 is 3. The minimum absolute atomic E-state index is 0.224. The lowest BCUT2D eigenvalue weighted by Gasteiger charge is -2.15. The first-order valence-corrected chi connectivity index (χ1v) is 8.43. The number of amides is 1. The molecule has 0 aliphatic carbocycles. The number of benzene rings is 2. The highest BCUT2D eigenvalue weighted by Gasteiger charge is 2.20. The normalized spacial score (nSPS) is 10.2. The summed E-state index contributed by atoms with van der Waals surface area (Å²) in [6, 6.07) is 8.34. The van der Waals surface area contributed by atoms with Gasteiger partial charge in [0, 0.05) is 0 Å². The van der Waals surface area contributed by atoms with Crippen LogP contribution in [0.4, 0.5) is 0 Å². The number of nitrogens with one attached hydrogen (secondary N) is 1. The van der Waals surface area contributed by atoms with E-state index in [2.05, 4.69) is 5.32 Å². The average molecular weight is 400 g/mol. The Labute approximate surface area is 161 Å². The van der Waals surface area contributed by atoms with Crippen molar-refractivity contribution in [1.29, 1.82) is 0 Å². The quantitative estimate of drug-likeness (QED) is 0.683. The molecule has 0 radical (unpaired) electrons. The summed E-state index contributed by atoms with van der Waals surface area (Å²) >= 11 is 12.0. The smallest absolute Gasteiger partial charge is 0.255 e. The minimum atomic E-state index is -0.330. The second-order valence-electron chi connectivity index (χ2n) is 5.04. The number of rotatable bonds is 8. The standard InChI is InChI=1S/C18H19Cl2NO5/c1-23-14-8-7-11(16(24-2)17(14)25-3)18(22)21-9-10-26-13-6-4-5-12(19)15(13)20/h4-8H,9-10H2,1-3H3,(H,21,22). The molecule has 1 amide bonds. The van der Waals surface area contributed by atoms with Crippen LogP contribution in [0.15, 0.2) is 30.3 Å². The van der Waals surface area contributed by atoms with Crippen LogP contribution in [-0.4, -0.2) is 40.4 Å². The van der Waals surface area contributed by atoms with Crippen molar-refractivity contribution in [3.8, 4) is 23.0 Å². The number of ether oxygens (including phenoxy) is 4. The predicted molar refractivity (Wildman–Crippen MR) is 100 cm³/mol. The van der Waals surface area contributed by atoms with Crippen molar-refractivity contribution >= 4 is 29.1 Å². The summed E-state index contributed by atoms with van der Waals surface area (Å²) in [6.07, 6.45) is 0. The molecular formula is C18H19Cl2NO5. The van der Waals surface area contributed by atoms with Crippen molar-refractivity contribution < 1.29 is 23.7 Å². The number of hydrogen-bond acceptors (Lipinski definition) is 5. The van der Waals surface area contributed by atoms with Crippen molar-refractivity contribution in [1.82, 2.24) is 5.32 Å². The van der Waals surface area contributed by atoms with Crippen molar-refractivity contribution in [2.45, 2.75) is 0 Å². The fraction of sp³-hybridized carbons (Fsp3) is 0.278. The van der Waals surface area contributed by atoms with Crippen LogP contribution < -0.4 is 24.3 Å². The lowest BCUT2D eigenvalue weighted by Crippen LogP contribution is -2.28. The van der Waals surface area contributed by atoms with Gasteiger partial charge in [-0.05, 0) is 24.3 Å². The highest BCUT2D eigenvalue weighted by atomic mass is 35.5. The van der Waals surface area contributed by atoms with Gasteiger partial charge in [-0.1, -0.05) is 29.3 Å². The lowest BCUT2D eigenvalue weighted by molar-refractivity contribution is 0.0943. The first-order chi connectivity index (χ1) is 12.5. The van der Waals surface area contributed by atoms with Crippen LogP contribution in [0.2, 0.25) is 10.0 Å². The van der Waals surface area contributed by atoms with Gasteiger partial charge in [-0.15, -0.1) is 0 Å². The predicted octanol–water partition coefficient (Wildman–Crippen LogP) is 3.83. The molecule has 0 atom stereocenters. The SMILES string of the molecule is COc1ccc(C(=O)NCCOc2cccc(Cl)c2Cl)c(OC)c1OC. The zero-order valence-electron chi connectivity index (χ0n) is 14.6. The molecule has 0 saturated carbocycles. The van der Waals surface area contributed by atoms with E-state index >= 15 is 0 Å². The molecule has 0 aliphatic heterocycles. The molecule has 0 heterocycles. The Kier molecular flexibility index (Phi) is 7.24. The van der Waals surface area contributed by atoms with E-state index in [0.717, 1.165) is 0 Å². The summed E-state index contributed by atoms with van der Waals surface area (Å²) in [6.45, 7) is 0.487. The zero-order valence-corrected chi connectivity index (χ0v) is 16.1. The van der Waals surface area contributed by atoms with E-state index in [1.54, 1.807) is 30.3 Å². The molecule has 0 bridgehead atoms. The van der Waals surface area contributed by atoms with E-state index in [1.807, 2.05) is 0 Å². The Hall–Kier alpha value is -2.31. The maximum atomic E-state index is 12.4. The molecule has 0 aromatic heterocycles.